The van der Waals surface area contributed by atoms with Crippen molar-refractivity contribution in [2.24, 2.45) is 11.8 Å². The standard InChI is InChI=1S/C18H25NO5/c1-23-16-5-3-2-4-14(16)6-7-17(20)19-12-15(18(21)22)13-8-10-24-11-9-13/h2-5,13,15H,6-12H2,1H3,(H,19,20)(H,21,22). The van der Waals surface area contributed by atoms with Crippen molar-refractivity contribution in [1.29, 1.82) is 0 Å². The normalized spacial score (nSPS) is 16.4. The minimum absolute atomic E-state index is 0.0609. The van der Waals surface area contributed by atoms with E-state index in [1.54, 1.807) is 7.11 Å². The van der Waals surface area contributed by atoms with E-state index in [-0.39, 0.29) is 18.4 Å². The van der Waals surface area contributed by atoms with Crippen molar-refractivity contribution in [2.45, 2.75) is 25.7 Å². The summed E-state index contributed by atoms with van der Waals surface area (Å²) in [5.74, 6) is -0.725. The number of carboxylic acids is 1. The van der Waals surface area contributed by atoms with Crippen LogP contribution in [0.1, 0.15) is 24.8 Å². The Hall–Kier alpha value is -2.08. The summed E-state index contributed by atoms with van der Waals surface area (Å²) in [5, 5.41) is 12.2. The molecule has 1 aliphatic heterocycles. The van der Waals surface area contributed by atoms with Crippen LogP contribution in [-0.2, 0) is 20.7 Å². The summed E-state index contributed by atoms with van der Waals surface area (Å²) in [7, 11) is 1.60. The molecule has 0 radical (unpaired) electrons. The summed E-state index contributed by atoms with van der Waals surface area (Å²) in [5.41, 5.74) is 0.967. The predicted octanol–water partition coefficient (Wildman–Crippen LogP) is 1.87. The zero-order valence-corrected chi connectivity index (χ0v) is 14.0. The molecule has 0 aliphatic carbocycles. The maximum Gasteiger partial charge on any atom is 0.308 e. The predicted molar refractivity (Wildman–Crippen MR) is 89.0 cm³/mol. The summed E-state index contributed by atoms with van der Waals surface area (Å²) in [4.78, 5) is 23.5. The highest BCUT2D eigenvalue weighted by atomic mass is 16.5. The first-order valence-electron chi connectivity index (χ1n) is 8.31. The number of nitrogens with one attached hydrogen (secondary N) is 1. The van der Waals surface area contributed by atoms with Crippen LogP contribution >= 0.6 is 0 Å². The number of carbonyl (C=O) groups excluding carboxylic acids is 1. The van der Waals surface area contributed by atoms with Gasteiger partial charge in [-0.25, -0.2) is 0 Å². The number of carboxylic acid groups (broad SMARTS) is 1. The van der Waals surface area contributed by atoms with Gasteiger partial charge in [-0.3, -0.25) is 9.59 Å². The zero-order chi connectivity index (χ0) is 17.4. The fourth-order valence-corrected chi connectivity index (χ4v) is 3.04. The van der Waals surface area contributed by atoms with Crippen LogP contribution in [-0.4, -0.2) is 43.9 Å². The highest BCUT2D eigenvalue weighted by Crippen LogP contribution is 2.24. The Morgan fingerprint density at radius 2 is 2.04 bits per heavy atom. The second kappa shape index (κ2) is 9.27. The van der Waals surface area contributed by atoms with E-state index in [2.05, 4.69) is 5.32 Å². The molecule has 1 saturated heterocycles. The smallest absolute Gasteiger partial charge is 0.308 e. The fourth-order valence-electron chi connectivity index (χ4n) is 3.04. The van der Waals surface area contributed by atoms with Crippen molar-refractivity contribution < 1.29 is 24.2 Å². The average Bonchev–Trinajstić information content (AvgIpc) is 2.61. The molecule has 1 aliphatic rings. The van der Waals surface area contributed by atoms with E-state index in [1.165, 1.54) is 0 Å². The molecule has 2 rings (SSSR count). The van der Waals surface area contributed by atoms with Crippen LogP contribution < -0.4 is 10.1 Å². The number of carbonyl (C=O) groups is 2. The van der Waals surface area contributed by atoms with E-state index in [0.717, 1.165) is 24.2 Å². The molecular weight excluding hydrogens is 310 g/mol. The number of hydrogen-bond donors (Lipinski definition) is 2. The molecule has 0 spiro atoms. The fraction of sp³-hybridized carbons (Fsp3) is 0.556. The highest BCUT2D eigenvalue weighted by molar-refractivity contribution is 5.77. The number of para-hydroxylation sites is 1. The zero-order valence-electron chi connectivity index (χ0n) is 14.0. The van der Waals surface area contributed by atoms with Gasteiger partial charge in [-0.15, -0.1) is 0 Å². The van der Waals surface area contributed by atoms with Gasteiger partial charge in [0.2, 0.25) is 5.91 Å². The molecule has 0 aromatic heterocycles. The van der Waals surface area contributed by atoms with Crippen LogP contribution in [0.4, 0.5) is 0 Å². The molecule has 2 N–H and O–H groups in total. The second-order valence-electron chi connectivity index (χ2n) is 6.01. The molecule has 6 heteroatoms. The number of benzene rings is 1. The van der Waals surface area contributed by atoms with Crippen LogP contribution in [0.25, 0.3) is 0 Å². The molecule has 1 heterocycles. The molecule has 1 aromatic carbocycles. The van der Waals surface area contributed by atoms with Gasteiger partial charge in [-0.1, -0.05) is 18.2 Å². The third kappa shape index (κ3) is 5.23. The number of aliphatic carboxylic acids is 1. The van der Waals surface area contributed by atoms with Gasteiger partial charge in [-0.2, -0.15) is 0 Å². The number of aryl methyl sites for hydroxylation is 1. The van der Waals surface area contributed by atoms with Crippen molar-refractivity contribution >= 4 is 11.9 Å². The van der Waals surface area contributed by atoms with Gasteiger partial charge in [0.05, 0.1) is 13.0 Å². The van der Waals surface area contributed by atoms with Gasteiger partial charge in [0.25, 0.3) is 0 Å². The Kier molecular flexibility index (Phi) is 7.06. The van der Waals surface area contributed by atoms with Crippen LogP contribution in [0.2, 0.25) is 0 Å². The van der Waals surface area contributed by atoms with Crippen molar-refractivity contribution in [3.8, 4) is 5.75 Å². The number of ether oxygens (including phenoxy) is 2. The largest absolute Gasteiger partial charge is 0.496 e. The molecule has 1 aromatic rings. The maximum atomic E-state index is 12.1. The van der Waals surface area contributed by atoms with Gasteiger partial charge < -0.3 is 19.9 Å². The lowest BCUT2D eigenvalue weighted by atomic mass is 9.86. The number of rotatable bonds is 8. The minimum atomic E-state index is -0.855. The Labute approximate surface area is 142 Å². The third-order valence-electron chi connectivity index (χ3n) is 4.49. The van der Waals surface area contributed by atoms with E-state index in [4.69, 9.17) is 9.47 Å². The van der Waals surface area contributed by atoms with Crippen LogP contribution in [0, 0.1) is 11.8 Å². The van der Waals surface area contributed by atoms with Gasteiger partial charge >= 0.3 is 5.97 Å². The first-order valence-corrected chi connectivity index (χ1v) is 8.31. The van der Waals surface area contributed by atoms with Gasteiger partial charge in [0.1, 0.15) is 5.75 Å². The lowest BCUT2D eigenvalue weighted by molar-refractivity contribution is -0.144. The summed E-state index contributed by atoms with van der Waals surface area (Å²) in [6, 6.07) is 7.57. The SMILES string of the molecule is COc1ccccc1CCC(=O)NCC(C(=O)O)C1CCOCC1. The summed E-state index contributed by atoms with van der Waals surface area (Å²) < 4.78 is 10.5. The number of hydrogen-bond acceptors (Lipinski definition) is 4. The molecule has 1 unspecified atom stereocenters. The highest BCUT2D eigenvalue weighted by Gasteiger charge is 2.29. The molecule has 1 amide bonds. The number of amides is 1. The minimum Gasteiger partial charge on any atom is -0.496 e. The first-order chi connectivity index (χ1) is 11.6. The topological polar surface area (TPSA) is 84.9 Å². The van der Waals surface area contributed by atoms with Crippen LogP contribution in [0.5, 0.6) is 5.75 Å². The first kappa shape index (κ1) is 18.3. The van der Waals surface area contributed by atoms with E-state index >= 15 is 0 Å². The quantitative estimate of drug-likeness (QED) is 0.757. The van der Waals surface area contributed by atoms with Crippen molar-refractivity contribution in [1.82, 2.24) is 5.32 Å². The van der Waals surface area contributed by atoms with Crippen LogP contribution in [0.3, 0.4) is 0 Å². The second-order valence-corrected chi connectivity index (χ2v) is 6.01. The molecule has 1 atom stereocenters. The summed E-state index contributed by atoms with van der Waals surface area (Å²) in [6.45, 7) is 1.36. The Bertz CT molecular complexity index is 554. The van der Waals surface area contributed by atoms with Crippen molar-refractivity contribution in [3.05, 3.63) is 29.8 Å². The lowest BCUT2D eigenvalue weighted by Crippen LogP contribution is -2.39. The Morgan fingerprint density at radius 1 is 1.33 bits per heavy atom. The van der Waals surface area contributed by atoms with E-state index in [1.807, 2.05) is 24.3 Å². The molecule has 1 fully saturated rings. The van der Waals surface area contributed by atoms with E-state index < -0.39 is 11.9 Å². The summed E-state index contributed by atoms with van der Waals surface area (Å²) in [6.07, 6.45) is 2.33. The summed E-state index contributed by atoms with van der Waals surface area (Å²) >= 11 is 0. The maximum absolute atomic E-state index is 12.1. The Balaban J connectivity index is 1.81. The molecule has 0 bridgehead atoms. The third-order valence-corrected chi connectivity index (χ3v) is 4.49. The Morgan fingerprint density at radius 3 is 2.71 bits per heavy atom. The van der Waals surface area contributed by atoms with Crippen molar-refractivity contribution in [2.75, 3.05) is 26.9 Å². The molecule has 0 saturated carbocycles. The average molecular weight is 335 g/mol. The molecular formula is C18H25NO5. The van der Waals surface area contributed by atoms with Crippen molar-refractivity contribution in [3.63, 3.8) is 0 Å². The van der Waals surface area contributed by atoms with Crippen LogP contribution in [0.15, 0.2) is 24.3 Å². The molecule has 24 heavy (non-hydrogen) atoms. The van der Waals surface area contributed by atoms with E-state index in [0.29, 0.717) is 26.1 Å². The number of methoxy groups -OCH3 is 1. The molecule has 132 valence electrons. The molecule has 6 nitrogen and oxygen atoms in total. The monoisotopic (exact) mass is 335 g/mol. The van der Waals surface area contributed by atoms with Gasteiger partial charge in [0, 0.05) is 26.2 Å². The van der Waals surface area contributed by atoms with Gasteiger partial charge in [-0.05, 0) is 36.8 Å². The van der Waals surface area contributed by atoms with Gasteiger partial charge in [0.15, 0.2) is 0 Å². The lowest BCUT2D eigenvalue weighted by Gasteiger charge is -2.27. The van der Waals surface area contributed by atoms with E-state index in [9.17, 15) is 14.7 Å².